The molecule has 0 atom stereocenters. The van der Waals surface area contributed by atoms with Crippen molar-refractivity contribution in [3.63, 3.8) is 0 Å². The fourth-order valence-electron chi connectivity index (χ4n) is 2.31. The topological polar surface area (TPSA) is 56.7 Å². The molecule has 0 saturated heterocycles. The monoisotopic (exact) mass is 484 g/mol. The van der Waals surface area contributed by atoms with Crippen LogP contribution in [0.2, 0.25) is 0 Å². The molecule has 5 nitrogen and oxygen atoms in total. The van der Waals surface area contributed by atoms with Crippen LogP contribution >= 0.6 is 24.0 Å². The van der Waals surface area contributed by atoms with Crippen molar-refractivity contribution in [3.8, 4) is 0 Å². The Bertz CT molecular complexity index is 746. The zero-order valence-electron chi connectivity index (χ0n) is 15.8. The van der Waals surface area contributed by atoms with Crippen LogP contribution in [0.3, 0.4) is 0 Å². The number of carbonyl (C=O) groups is 1. The number of halogens is 2. The van der Waals surface area contributed by atoms with Crippen molar-refractivity contribution in [2.45, 2.75) is 20.0 Å². The van der Waals surface area contributed by atoms with Gasteiger partial charge in [0, 0.05) is 32.7 Å². The van der Waals surface area contributed by atoms with Crippen molar-refractivity contribution in [2.24, 2.45) is 4.99 Å². The van der Waals surface area contributed by atoms with Gasteiger partial charge in [-0.2, -0.15) is 0 Å². The highest BCUT2D eigenvalue weighted by atomic mass is 127. The van der Waals surface area contributed by atoms with E-state index in [0.29, 0.717) is 24.6 Å². The second-order valence-electron chi connectivity index (χ2n) is 6.07. The third-order valence-electron chi connectivity index (χ3n) is 3.74. The van der Waals surface area contributed by atoms with E-state index in [2.05, 4.69) is 15.6 Å². The molecule has 0 aliphatic carbocycles. The third kappa shape index (κ3) is 7.54. The van der Waals surface area contributed by atoms with Crippen molar-refractivity contribution < 1.29 is 9.18 Å². The molecule has 2 rings (SSSR count). The minimum Gasteiger partial charge on any atom is -0.357 e. The van der Waals surface area contributed by atoms with Crippen LogP contribution in [-0.4, -0.2) is 37.4 Å². The van der Waals surface area contributed by atoms with Gasteiger partial charge in [-0.15, -0.1) is 24.0 Å². The van der Waals surface area contributed by atoms with E-state index in [4.69, 9.17) is 0 Å². The smallest absolute Gasteiger partial charge is 0.253 e. The van der Waals surface area contributed by atoms with Crippen molar-refractivity contribution in [3.05, 3.63) is 71.0 Å². The minimum atomic E-state index is -0.245. The van der Waals surface area contributed by atoms with Crippen molar-refractivity contribution in [2.75, 3.05) is 20.6 Å². The summed E-state index contributed by atoms with van der Waals surface area (Å²) in [6, 6.07) is 13.8. The van der Waals surface area contributed by atoms with Crippen LogP contribution in [0.5, 0.6) is 0 Å². The van der Waals surface area contributed by atoms with Gasteiger partial charge in [0.05, 0.1) is 6.54 Å². The average Bonchev–Trinajstić information content (AvgIpc) is 2.65. The summed E-state index contributed by atoms with van der Waals surface area (Å²) in [5, 5.41) is 6.41. The normalized spacial score (nSPS) is 10.7. The molecule has 0 spiro atoms. The molecular formula is C20H26FIN4O. The summed E-state index contributed by atoms with van der Waals surface area (Å²) in [5.41, 5.74) is 2.65. The zero-order valence-corrected chi connectivity index (χ0v) is 18.2. The first-order valence-electron chi connectivity index (χ1n) is 8.57. The number of carbonyl (C=O) groups excluding carboxylic acids is 1. The predicted octanol–water partition coefficient (Wildman–Crippen LogP) is 3.40. The van der Waals surface area contributed by atoms with Crippen LogP contribution in [-0.2, 0) is 13.1 Å². The van der Waals surface area contributed by atoms with E-state index in [0.717, 1.165) is 17.7 Å². The Kier molecular flexibility index (Phi) is 9.77. The summed E-state index contributed by atoms with van der Waals surface area (Å²) in [6.45, 7) is 3.79. The van der Waals surface area contributed by atoms with Crippen molar-refractivity contribution in [1.29, 1.82) is 0 Å². The van der Waals surface area contributed by atoms with Gasteiger partial charge in [-0.3, -0.25) is 4.79 Å². The molecular weight excluding hydrogens is 458 g/mol. The van der Waals surface area contributed by atoms with Crippen molar-refractivity contribution >= 4 is 35.8 Å². The Morgan fingerprint density at radius 3 is 2.15 bits per heavy atom. The number of nitrogens with one attached hydrogen (secondary N) is 2. The molecule has 0 heterocycles. The molecule has 2 N–H and O–H groups in total. The lowest BCUT2D eigenvalue weighted by Crippen LogP contribution is -2.36. The second-order valence-corrected chi connectivity index (χ2v) is 6.07. The second kappa shape index (κ2) is 11.5. The lowest BCUT2D eigenvalue weighted by molar-refractivity contribution is 0.0827. The molecule has 0 aliphatic rings. The SMILES string of the molecule is CCNC(=NCc1ccc(C(=O)N(C)C)cc1)NCc1ccc(F)cc1.I. The Hall–Kier alpha value is -2.16. The van der Waals surface area contributed by atoms with Gasteiger partial charge in [0.2, 0.25) is 0 Å². The van der Waals surface area contributed by atoms with Gasteiger partial charge < -0.3 is 15.5 Å². The lowest BCUT2D eigenvalue weighted by atomic mass is 10.1. The standard InChI is InChI=1S/C20H25FN4O.HI/c1-4-22-20(24-14-16-7-11-18(21)12-8-16)23-13-15-5-9-17(10-6-15)19(26)25(2)3;/h5-12H,4,13-14H2,1-3H3,(H2,22,23,24);1H. The fourth-order valence-corrected chi connectivity index (χ4v) is 2.31. The quantitative estimate of drug-likeness (QED) is 0.376. The molecule has 0 unspecified atom stereocenters. The molecule has 0 bridgehead atoms. The summed E-state index contributed by atoms with van der Waals surface area (Å²) in [4.78, 5) is 18.0. The average molecular weight is 484 g/mol. The van der Waals surface area contributed by atoms with Crippen LogP contribution in [0.4, 0.5) is 4.39 Å². The number of hydrogen-bond donors (Lipinski definition) is 2. The molecule has 2 aromatic rings. The van der Waals surface area contributed by atoms with E-state index in [9.17, 15) is 9.18 Å². The van der Waals surface area contributed by atoms with Crippen LogP contribution in [0.25, 0.3) is 0 Å². The van der Waals surface area contributed by atoms with Crippen LogP contribution < -0.4 is 10.6 Å². The number of guanidine groups is 1. The van der Waals surface area contributed by atoms with Gasteiger partial charge in [-0.25, -0.2) is 9.38 Å². The minimum absolute atomic E-state index is 0. The largest absolute Gasteiger partial charge is 0.357 e. The highest BCUT2D eigenvalue weighted by Crippen LogP contribution is 2.08. The Morgan fingerprint density at radius 1 is 1.00 bits per heavy atom. The maximum Gasteiger partial charge on any atom is 0.253 e. The maximum absolute atomic E-state index is 13.0. The van der Waals surface area contributed by atoms with E-state index in [1.165, 1.54) is 12.1 Å². The van der Waals surface area contributed by atoms with Gasteiger partial charge >= 0.3 is 0 Å². The summed E-state index contributed by atoms with van der Waals surface area (Å²) in [6.07, 6.45) is 0. The number of benzene rings is 2. The molecule has 0 aromatic heterocycles. The molecule has 2 aromatic carbocycles. The molecule has 27 heavy (non-hydrogen) atoms. The van der Waals surface area contributed by atoms with E-state index < -0.39 is 0 Å². The summed E-state index contributed by atoms with van der Waals surface area (Å²) >= 11 is 0. The molecule has 0 aliphatic heterocycles. The summed E-state index contributed by atoms with van der Waals surface area (Å²) in [5.74, 6) is 0.421. The Labute approximate surface area is 177 Å². The highest BCUT2D eigenvalue weighted by Gasteiger charge is 2.07. The third-order valence-corrected chi connectivity index (χ3v) is 3.74. The molecule has 0 fully saturated rings. The van der Waals surface area contributed by atoms with Gasteiger partial charge in [-0.1, -0.05) is 24.3 Å². The first-order valence-corrected chi connectivity index (χ1v) is 8.57. The lowest BCUT2D eigenvalue weighted by Gasteiger charge is -2.12. The van der Waals surface area contributed by atoms with E-state index in [1.54, 1.807) is 31.1 Å². The fraction of sp³-hybridized carbons (Fsp3) is 0.300. The van der Waals surface area contributed by atoms with Gasteiger partial charge in [-0.05, 0) is 42.3 Å². The van der Waals surface area contributed by atoms with Gasteiger partial charge in [0.25, 0.3) is 5.91 Å². The number of nitrogens with zero attached hydrogens (tertiary/aromatic N) is 2. The number of aliphatic imine (C=N–C) groups is 1. The van der Waals surface area contributed by atoms with Crippen LogP contribution in [0, 0.1) is 5.82 Å². The maximum atomic E-state index is 13.0. The van der Waals surface area contributed by atoms with Crippen LogP contribution in [0.1, 0.15) is 28.4 Å². The van der Waals surface area contributed by atoms with Gasteiger partial charge in [0.1, 0.15) is 5.82 Å². The Morgan fingerprint density at radius 2 is 1.59 bits per heavy atom. The van der Waals surface area contributed by atoms with E-state index >= 15 is 0 Å². The highest BCUT2D eigenvalue weighted by molar-refractivity contribution is 14.0. The number of amides is 1. The van der Waals surface area contributed by atoms with Crippen LogP contribution in [0.15, 0.2) is 53.5 Å². The summed E-state index contributed by atoms with van der Waals surface area (Å²) < 4.78 is 13.0. The molecule has 146 valence electrons. The van der Waals surface area contributed by atoms with Gasteiger partial charge in [0.15, 0.2) is 5.96 Å². The van der Waals surface area contributed by atoms with Crippen molar-refractivity contribution in [1.82, 2.24) is 15.5 Å². The Balaban J connectivity index is 0.00000364. The molecule has 1 amide bonds. The van der Waals surface area contributed by atoms with E-state index in [1.807, 2.05) is 31.2 Å². The molecule has 7 heteroatoms. The first-order chi connectivity index (χ1) is 12.5. The molecule has 0 radical (unpaired) electrons. The number of hydrogen-bond acceptors (Lipinski definition) is 2. The summed E-state index contributed by atoms with van der Waals surface area (Å²) in [7, 11) is 3.46. The van der Waals surface area contributed by atoms with E-state index in [-0.39, 0.29) is 35.7 Å². The predicted molar refractivity (Wildman–Crippen MR) is 118 cm³/mol. The zero-order chi connectivity index (χ0) is 18.9. The first kappa shape index (κ1) is 22.9. The molecule has 0 saturated carbocycles. The number of rotatable bonds is 6.